The van der Waals surface area contributed by atoms with Gasteiger partial charge in [-0.2, -0.15) is 5.10 Å². The lowest BCUT2D eigenvalue weighted by molar-refractivity contribution is 0.0823. The van der Waals surface area contributed by atoms with E-state index in [4.69, 9.17) is 19.9 Å². The molecule has 0 saturated carbocycles. The molecule has 2 aromatic heterocycles. The number of carbonyl (C=O) groups is 2. The van der Waals surface area contributed by atoms with E-state index in [9.17, 15) is 22.8 Å². The summed E-state index contributed by atoms with van der Waals surface area (Å²) in [6.45, 7) is 2.75. The minimum absolute atomic E-state index is 0.0370. The van der Waals surface area contributed by atoms with Crippen molar-refractivity contribution in [2.45, 2.75) is 26.2 Å². The number of nitrogens with one attached hydrogen (secondary N) is 2. The van der Waals surface area contributed by atoms with Gasteiger partial charge in [0, 0.05) is 16.8 Å². The van der Waals surface area contributed by atoms with E-state index in [0.717, 1.165) is 22.3 Å². The topological polar surface area (TPSA) is 133 Å². The zero-order valence-corrected chi connectivity index (χ0v) is 30.1. The van der Waals surface area contributed by atoms with Crippen LogP contribution < -0.4 is 20.5 Å². The van der Waals surface area contributed by atoms with Crippen molar-refractivity contribution >= 4 is 34.3 Å². The molecule has 13 heteroatoms. The number of aryl methyl sites for hydroxylation is 2. The molecule has 1 aliphatic carbocycles. The van der Waals surface area contributed by atoms with Crippen LogP contribution in [0.3, 0.4) is 0 Å². The van der Waals surface area contributed by atoms with Crippen LogP contribution in [-0.4, -0.2) is 46.3 Å². The summed E-state index contributed by atoms with van der Waals surface area (Å²) in [7, 11) is 0. The van der Waals surface area contributed by atoms with E-state index in [1.54, 1.807) is 24.3 Å². The van der Waals surface area contributed by atoms with E-state index in [-0.39, 0.29) is 46.8 Å². The fraction of sp³-hybridized carbons (Fsp3) is 0.140. The highest BCUT2D eigenvalue weighted by Gasteiger charge is 2.29. The van der Waals surface area contributed by atoms with Gasteiger partial charge in [-0.1, -0.05) is 60.7 Å². The molecule has 0 radical (unpaired) electrons. The molecule has 56 heavy (non-hydrogen) atoms. The molecular weight excluding hydrogens is 723 g/mol. The summed E-state index contributed by atoms with van der Waals surface area (Å²) in [5, 5.41) is 7.50. The summed E-state index contributed by atoms with van der Waals surface area (Å²) in [6, 6.07) is 29.8. The molecule has 0 fully saturated rings. The number of ketones is 1. The van der Waals surface area contributed by atoms with E-state index in [1.165, 1.54) is 41.2 Å². The summed E-state index contributed by atoms with van der Waals surface area (Å²) in [4.78, 5) is 30.1. The predicted molar refractivity (Wildman–Crippen MR) is 206 cm³/mol. The first-order valence-electron chi connectivity index (χ1n) is 17.7. The Balaban J connectivity index is 1.03. The zero-order chi connectivity index (χ0) is 39.1. The monoisotopic (exact) mass is 757 g/mol. The molecule has 0 atom stereocenters. The number of aromatic nitrogens is 3. The lowest BCUT2D eigenvalue weighted by atomic mass is 9.98. The number of ether oxygens (including phenoxy) is 3. The van der Waals surface area contributed by atoms with Crippen molar-refractivity contribution in [3.8, 4) is 34.1 Å². The predicted octanol–water partition coefficient (Wildman–Crippen LogP) is 9.72. The van der Waals surface area contributed by atoms with Crippen LogP contribution >= 0.6 is 0 Å². The molecule has 0 aliphatic heterocycles. The number of anilines is 2. The van der Waals surface area contributed by atoms with Crippen molar-refractivity contribution in [3.63, 3.8) is 0 Å². The number of aromatic amines is 1. The standard InChI is InChI=1S/C43H34F3N5O5/c1-23-15-26(56-37-14-8-7-13-33(37)44)16-24(2)40(23)51-42(47)31(20-48-51)41(52)36-17-25-18-38(54-22-39(45)46)35(19-34(25)49-36)50-43(53)55-21-32-29-11-5-3-9-27(29)28-10-4-6-12-30(28)32/h3-20,32,39,49H,21-22,47H2,1-2H3,(H,50,53). The highest BCUT2D eigenvalue weighted by Crippen LogP contribution is 2.44. The van der Waals surface area contributed by atoms with E-state index < -0.39 is 30.7 Å². The Morgan fingerprint density at radius 3 is 2.23 bits per heavy atom. The summed E-state index contributed by atoms with van der Waals surface area (Å²) in [5.74, 6) is -0.642. The molecule has 0 spiro atoms. The zero-order valence-electron chi connectivity index (χ0n) is 30.1. The number of fused-ring (bicyclic) bond motifs is 4. The molecule has 2 heterocycles. The van der Waals surface area contributed by atoms with Gasteiger partial charge in [-0.15, -0.1) is 0 Å². The highest BCUT2D eigenvalue weighted by molar-refractivity contribution is 6.13. The minimum Gasteiger partial charge on any atom is -0.485 e. The lowest BCUT2D eigenvalue weighted by Gasteiger charge is -2.16. The molecule has 5 aromatic carbocycles. The number of alkyl halides is 2. The number of amides is 1. The number of nitrogen functional groups attached to an aromatic ring is 1. The summed E-state index contributed by atoms with van der Waals surface area (Å²) >= 11 is 0. The van der Waals surface area contributed by atoms with Crippen LogP contribution in [0.2, 0.25) is 0 Å². The Morgan fingerprint density at radius 1 is 0.893 bits per heavy atom. The van der Waals surface area contributed by atoms with E-state index >= 15 is 0 Å². The van der Waals surface area contributed by atoms with Gasteiger partial charge in [-0.25, -0.2) is 22.6 Å². The summed E-state index contributed by atoms with van der Waals surface area (Å²) in [6.07, 6.45) is -2.24. The van der Waals surface area contributed by atoms with Crippen molar-refractivity contribution in [3.05, 3.63) is 149 Å². The highest BCUT2D eigenvalue weighted by atomic mass is 19.3. The Hall–Kier alpha value is -7.02. The summed E-state index contributed by atoms with van der Waals surface area (Å²) < 4.78 is 59.1. The van der Waals surface area contributed by atoms with Crippen molar-refractivity contribution < 1.29 is 37.0 Å². The van der Waals surface area contributed by atoms with E-state index in [2.05, 4.69) is 15.4 Å². The normalized spacial score (nSPS) is 12.1. The molecule has 4 N–H and O–H groups in total. The molecule has 0 saturated heterocycles. The smallest absolute Gasteiger partial charge is 0.411 e. The number of carbonyl (C=O) groups excluding carboxylic acids is 2. The first kappa shape index (κ1) is 36.0. The number of hydrogen-bond donors (Lipinski definition) is 3. The molecule has 8 rings (SSSR count). The fourth-order valence-corrected chi connectivity index (χ4v) is 7.22. The molecule has 0 unspecified atom stereocenters. The summed E-state index contributed by atoms with van der Waals surface area (Å²) in [5.41, 5.74) is 13.5. The minimum atomic E-state index is -2.78. The number of para-hydroxylation sites is 1. The second kappa shape index (κ2) is 14.7. The van der Waals surface area contributed by atoms with Gasteiger partial charge in [0.15, 0.2) is 11.6 Å². The number of benzene rings is 5. The molecule has 7 aromatic rings. The Bertz CT molecular complexity index is 2580. The van der Waals surface area contributed by atoms with Crippen molar-refractivity contribution in [2.24, 2.45) is 0 Å². The van der Waals surface area contributed by atoms with Crippen LogP contribution in [0.1, 0.15) is 44.2 Å². The maximum absolute atomic E-state index is 14.2. The third kappa shape index (κ3) is 6.79. The number of H-pyrrole nitrogens is 1. The SMILES string of the molecule is Cc1cc(Oc2ccccc2F)cc(C)c1-n1ncc(C(=O)c2cc3cc(OCC(F)F)c(NC(=O)OCC4c5ccccc5-c5ccccc54)cc3[nH]2)c1N. The largest absolute Gasteiger partial charge is 0.485 e. The van der Waals surface area contributed by atoms with Gasteiger partial charge in [0.05, 0.1) is 28.8 Å². The molecule has 1 amide bonds. The van der Waals surface area contributed by atoms with Crippen LogP contribution in [0, 0.1) is 19.7 Å². The van der Waals surface area contributed by atoms with Gasteiger partial charge in [0.25, 0.3) is 6.43 Å². The number of rotatable bonds is 11. The molecule has 0 bridgehead atoms. The average Bonchev–Trinajstić information content (AvgIpc) is 3.86. The maximum atomic E-state index is 14.2. The number of hydrogen-bond acceptors (Lipinski definition) is 7. The second-order valence-corrected chi connectivity index (χ2v) is 13.4. The van der Waals surface area contributed by atoms with Gasteiger partial charge in [-0.3, -0.25) is 10.1 Å². The molecule has 10 nitrogen and oxygen atoms in total. The molecule has 282 valence electrons. The first-order chi connectivity index (χ1) is 27.0. The number of nitrogens with zero attached hydrogens (tertiary/aromatic N) is 2. The third-order valence-corrected chi connectivity index (χ3v) is 9.70. The molecule has 1 aliphatic rings. The lowest BCUT2D eigenvalue weighted by Crippen LogP contribution is -2.18. The van der Waals surface area contributed by atoms with Crippen LogP contribution in [0.4, 0.5) is 29.5 Å². The van der Waals surface area contributed by atoms with Gasteiger partial charge in [-0.05, 0) is 89.7 Å². The van der Waals surface area contributed by atoms with Crippen LogP contribution in [-0.2, 0) is 4.74 Å². The average molecular weight is 758 g/mol. The van der Waals surface area contributed by atoms with Crippen LogP contribution in [0.15, 0.2) is 109 Å². The number of halogens is 3. The number of nitrogens with two attached hydrogens (primary N) is 1. The Labute approximate surface area is 318 Å². The van der Waals surface area contributed by atoms with Crippen molar-refractivity contribution in [2.75, 3.05) is 24.3 Å². The van der Waals surface area contributed by atoms with Crippen molar-refractivity contribution in [1.29, 1.82) is 0 Å². The maximum Gasteiger partial charge on any atom is 0.411 e. The van der Waals surface area contributed by atoms with Crippen LogP contribution in [0.5, 0.6) is 17.2 Å². The molecular formula is C43H34F3N5O5. The fourth-order valence-electron chi connectivity index (χ4n) is 7.22. The quantitative estimate of drug-likeness (QED) is 0.112. The van der Waals surface area contributed by atoms with E-state index in [1.807, 2.05) is 62.4 Å². The Kier molecular flexibility index (Phi) is 9.42. The van der Waals surface area contributed by atoms with Gasteiger partial charge < -0.3 is 24.9 Å². The van der Waals surface area contributed by atoms with Gasteiger partial charge in [0.1, 0.15) is 30.5 Å². The third-order valence-electron chi connectivity index (χ3n) is 9.70. The van der Waals surface area contributed by atoms with Gasteiger partial charge in [0.2, 0.25) is 5.78 Å². The van der Waals surface area contributed by atoms with E-state index in [0.29, 0.717) is 33.5 Å². The van der Waals surface area contributed by atoms with Gasteiger partial charge >= 0.3 is 6.09 Å². The van der Waals surface area contributed by atoms with Crippen LogP contribution in [0.25, 0.3) is 27.7 Å². The first-order valence-corrected chi connectivity index (χ1v) is 17.7. The van der Waals surface area contributed by atoms with Crippen molar-refractivity contribution in [1.82, 2.24) is 14.8 Å². The second-order valence-electron chi connectivity index (χ2n) is 13.4. The Morgan fingerprint density at radius 2 is 1.55 bits per heavy atom.